The number of nitrogens with zero attached hydrogens (tertiary/aromatic N) is 3. The van der Waals surface area contributed by atoms with E-state index in [9.17, 15) is 19.7 Å². The number of ether oxygens (including phenoxy) is 1. The van der Waals surface area contributed by atoms with Gasteiger partial charge in [0.2, 0.25) is 5.76 Å². The van der Waals surface area contributed by atoms with Gasteiger partial charge >= 0.3 is 0 Å². The number of morpholine rings is 1. The molecule has 1 atom stereocenters. The monoisotopic (exact) mass is 449 g/mol. The molecule has 3 heterocycles. The van der Waals surface area contributed by atoms with Crippen LogP contribution in [0.4, 0.5) is 5.69 Å². The van der Waals surface area contributed by atoms with Crippen molar-refractivity contribution < 1.29 is 18.9 Å². The molecule has 1 fully saturated rings. The van der Waals surface area contributed by atoms with E-state index in [2.05, 4.69) is 4.90 Å². The number of non-ortho nitro benzene ring substituents is 1. The molecule has 3 aromatic rings. The second-order valence-corrected chi connectivity index (χ2v) is 8.23. The zero-order chi connectivity index (χ0) is 22.9. The Morgan fingerprint density at radius 2 is 1.73 bits per heavy atom. The van der Waals surface area contributed by atoms with Gasteiger partial charge in [0, 0.05) is 38.3 Å². The van der Waals surface area contributed by atoms with E-state index in [0.717, 1.165) is 26.1 Å². The fourth-order valence-electron chi connectivity index (χ4n) is 4.61. The van der Waals surface area contributed by atoms with E-state index >= 15 is 0 Å². The van der Waals surface area contributed by atoms with Gasteiger partial charge in [-0.25, -0.2) is 0 Å². The smallest absolute Gasteiger partial charge is 0.290 e. The molecule has 0 saturated carbocycles. The number of nitro benzene ring substituents is 1. The molecular formula is C24H23N3O6. The van der Waals surface area contributed by atoms with Gasteiger partial charge < -0.3 is 14.1 Å². The number of para-hydroxylation sites is 1. The fourth-order valence-corrected chi connectivity index (χ4v) is 4.61. The van der Waals surface area contributed by atoms with E-state index in [1.165, 1.54) is 12.1 Å². The Balaban J connectivity index is 1.52. The summed E-state index contributed by atoms with van der Waals surface area (Å²) in [5.41, 5.74) is 1.000. The van der Waals surface area contributed by atoms with Crippen LogP contribution in [-0.4, -0.2) is 60.0 Å². The van der Waals surface area contributed by atoms with Crippen molar-refractivity contribution in [2.45, 2.75) is 12.5 Å². The first kappa shape index (κ1) is 21.3. The van der Waals surface area contributed by atoms with E-state index < -0.39 is 11.0 Å². The van der Waals surface area contributed by atoms with Gasteiger partial charge in [-0.2, -0.15) is 0 Å². The predicted molar refractivity (Wildman–Crippen MR) is 120 cm³/mol. The quantitative estimate of drug-likeness (QED) is 0.421. The van der Waals surface area contributed by atoms with Crippen LogP contribution in [0.5, 0.6) is 0 Å². The second-order valence-electron chi connectivity index (χ2n) is 8.23. The minimum absolute atomic E-state index is 0.0484. The van der Waals surface area contributed by atoms with Gasteiger partial charge in [-0.05, 0) is 36.2 Å². The summed E-state index contributed by atoms with van der Waals surface area (Å²) in [7, 11) is 0. The summed E-state index contributed by atoms with van der Waals surface area (Å²) in [4.78, 5) is 41.4. The highest BCUT2D eigenvalue weighted by atomic mass is 16.6. The molecule has 2 aliphatic heterocycles. The molecule has 0 aliphatic carbocycles. The Morgan fingerprint density at radius 1 is 1.00 bits per heavy atom. The zero-order valence-corrected chi connectivity index (χ0v) is 17.9. The molecule has 170 valence electrons. The van der Waals surface area contributed by atoms with E-state index in [0.29, 0.717) is 41.9 Å². The van der Waals surface area contributed by atoms with Gasteiger partial charge in [-0.3, -0.25) is 24.6 Å². The van der Waals surface area contributed by atoms with E-state index in [-0.39, 0.29) is 22.8 Å². The lowest BCUT2D eigenvalue weighted by Crippen LogP contribution is -2.38. The number of fused-ring (bicyclic) bond motifs is 2. The molecule has 1 amide bonds. The summed E-state index contributed by atoms with van der Waals surface area (Å²) >= 11 is 0. The maximum atomic E-state index is 13.4. The van der Waals surface area contributed by atoms with E-state index in [1.54, 1.807) is 41.3 Å². The summed E-state index contributed by atoms with van der Waals surface area (Å²) in [5, 5.41) is 11.5. The predicted octanol–water partition coefficient (Wildman–Crippen LogP) is 2.97. The molecule has 2 aromatic carbocycles. The van der Waals surface area contributed by atoms with Gasteiger partial charge in [0.05, 0.1) is 35.1 Å². The molecule has 1 unspecified atom stereocenters. The highest BCUT2D eigenvalue weighted by molar-refractivity contribution is 5.99. The zero-order valence-electron chi connectivity index (χ0n) is 17.9. The first-order valence-electron chi connectivity index (χ1n) is 11.0. The van der Waals surface area contributed by atoms with Crippen molar-refractivity contribution in [3.05, 3.63) is 85.8 Å². The fraction of sp³-hybridized carbons (Fsp3) is 0.333. The largest absolute Gasteiger partial charge is 0.450 e. The van der Waals surface area contributed by atoms with Crippen LogP contribution in [0.1, 0.15) is 34.1 Å². The average Bonchev–Trinajstić information content (AvgIpc) is 3.12. The summed E-state index contributed by atoms with van der Waals surface area (Å²) in [6, 6.07) is 12.2. The third-order valence-corrected chi connectivity index (χ3v) is 6.27. The van der Waals surface area contributed by atoms with Crippen LogP contribution < -0.4 is 5.43 Å². The Labute approximate surface area is 189 Å². The summed E-state index contributed by atoms with van der Waals surface area (Å²) in [6.45, 7) is 4.34. The molecule has 0 radical (unpaired) electrons. The van der Waals surface area contributed by atoms with Gasteiger partial charge in [0.1, 0.15) is 5.58 Å². The Hall–Kier alpha value is -3.56. The molecule has 0 N–H and O–H groups in total. The number of rotatable bonds is 6. The first-order valence-corrected chi connectivity index (χ1v) is 11.0. The molecule has 33 heavy (non-hydrogen) atoms. The van der Waals surface area contributed by atoms with E-state index in [4.69, 9.17) is 9.15 Å². The summed E-state index contributed by atoms with van der Waals surface area (Å²) in [5.74, 6) is -0.286. The first-order chi connectivity index (χ1) is 16.0. The molecule has 9 nitrogen and oxygen atoms in total. The Kier molecular flexibility index (Phi) is 5.65. The van der Waals surface area contributed by atoms with Crippen LogP contribution >= 0.6 is 0 Å². The maximum absolute atomic E-state index is 13.4. The van der Waals surface area contributed by atoms with Crippen LogP contribution in [-0.2, 0) is 4.74 Å². The second kappa shape index (κ2) is 8.76. The van der Waals surface area contributed by atoms with Crippen LogP contribution in [0.25, 0.3) is 11.0 Å². The molecule has 9 heteroatoms. The topological polar surface area (TPSA) is 106 Å². The summed E-state index contributed by atoms with van der Waals surface area (Å²) in [6.07, 6.45) is 0.719. The lowest BCUT2D eigenvalue weighted by Gasteiger charge is -2.29. The number of amides is 1. The minimum Gasteiger partial charge on any atom is -0.450 e. The number of hydrogen-bond acceptors (Lipinski definition) is 7. The molecule has 0 bridgehead atoms. The molecule has 0 spiro atoms. The SMILES string of the molecule is O=C1c2oc3ccccc3c(=O)c2C(c2ccc([N+](=O)[O-])cc2)N1CCCN1CCOCC1. The number of carbonyl (C=O) groups excluding carboxylic acids is 1. The third-order valence-electron chi connectivity index (χ3n) is 6.27. The van der Waals surface area contributed by atoms with Gasteiger partial charge in [-0.1, -0.05) is 12.1 Å². The third kappa shape index (κ3) is 3.90. The van der Waals surface area contributed by atoms with Crippen LogP contribution in [0, 0.1) is 10.1 Å². The normalized spacial score (nSPS) is 18.6. The van der Waals surface area contributed by atoms with Gasteiger partial charge in [-0.15, -0.1) is 0 Å². The average molecular weight is 449 g/mol. The molecule has 2 aliphatic rings. The van der Waals surface area contributed by atoms with Crippen LogP contribution in [0.3, 0.4) is 0 Å². The van der Waals surface area contributed by atoms with Crippen molar-refractivity contribution >= 4 is 22.6 Å². The lowest BCUT2D eigenvalue weighted by molar-refractivity contribution is -0.384. The summed E-state index contributed by atoms with van der Waals surface area (Å²) < 4.78 is 11.3. The number of nitro groups is 1. The van der Waals surface area contributed by atoms with Crippen molar-refractivity contribution in [1.82, 2.24) is 9.80 Å². The van der Waals surface area contributed by atoms with Crippen molar-refractivity contribution in [2.24, 2.45) is 0 Å². The molecule has 5 rings (SSSR count). The Bertz CT molecular complexity index is 1260. The van der Waals surface area contributed by atoms with Crippen molar-refractivity contribution in [1.29, 1.82) is 0 Å². The van der Waals surface area contributed by atoms with Crippen LogP contribution in [0.2, 0.25) is 0 Å². The molecule has 1 aromatic heterocycles. The van der Waals surface area contributed by atoms with E-state index in [1.807, 2.05) is 0 Å². The van der Waals surface area contributed by atoms with Crippen molar-refractivity contribution in [2.75, 3.05) is 39.4 Å². The Morgan fingerprint density at radius 3 is 2.45 bits per heavy atom. The van der Waals surface area contributed by atoms with Crippen molar-refractivity contribution in [3.8, 4) is 0 Å². The van der Waals surface area contributed by atoms with Crippen molar-refractivity contribution in [3.63, 3.8) is 0 Å². The minimum atomic E-state index is -0.654. The highest BCUT2D eigenvalue weighted by Crippen LogP contribution is 2.38. The number of hydrogen-bond donors (Lipinski definition) is 0. The molecular weight excluding hydrogens is 426 g/mol. The molecule has 1 saturated heterocycles. The van der Waals surface area contributed by atoms with Crippen LogP contribution in [0.15, 0.2) is 57.7 Å². The lowest BCUT2D eigenvalue weighted by atomic mass is 9.98. The standard InChI is InChI=1S/C24H23N3O6/c28-22-18-4-1-2-5-19(18)33-23-20(22)21(16-6-8-17(9-7-16)27(30)31)26(24(23)29)11-3-10-25-12-14-32-15-13-25/h1-2,4-9,21H,3,10-15H2. The highest BCUT2D eigenvalue weighted by Gasteiger charge is 2.42. The number of carbonyl (C=O) groups is 1. The van der Waals surface area contributed by atoms with Gasteiger partial charge in [0.15, 0.2) is 5.43 Å². The maximum Gasteiger partial charge on any atom is 0.290 e. The van der Waals surface area contributed by atoms with Gasteiger partial charge in [0.25, 0.3) is 11.6 Å². The number of benzene rings is 2.